The zero-order chi connectivity index (χ0) is 11.3. The van der Waals surface area contributed by atoms with Crippen molar-refractivity contribution < 1.29 is 4.79 Å². The van der Waals surface area contributed by atoms with Crippen LogP contribution in [-0.4, -0.2) is 24.5 Å². The molecule has 0 aromatic heterocycles. The number of amides is 1. The van der Waals surface area contributed by atoms with Crippen molar-refractivity contribution in [1.82, 2.24) is 16.2 Å². The van der Waals surface area contributed by atoms with Crippen LogP contribution in [0.4, 0.5) is 0 Å². The highest BCUT2D eigenvalue weighted by molar-refractivity contribution is 5.86. The highest BCUT2D eigenvalue weighted by atomic mass is 16.2. The summed E-state index contributed by atoms with van der Waals surface area (Å²) in [5, 5.41) is 3.43. The molecule has 0 saturated heterocycles. The van der Waals surface area contributed by atoms with E-state index in [4.69, 9.17) is 0 Å². The molecule has 0 aliphatic heterocycles. The van der Waals surface area contributed by atoms with Gasteiger partial charge in [-0.25, -0.2) is 5.43 Å². The Morgan fingerprint density at radius 1 is 1.20 bits per heavy atom. The van der Waals surface area contributed by atoms with Crippen LogP contribution < -0.4 is 16.2 Å². The van der Waals surface area contributed by atoms with Gasteiger partial charge in [0.15, 0.2) is 0 Å². The summed E-state index contributed by atoms with van der Waals surface area (Å²) in [6, 6.07) is 0.339. The van der Waals surface area contributed by atoms with E-state index >= 15 is 0 Å². The summed E-state index contributed by atoms with van der Waals surface area (Å²) < 4.78 is 0. The maximum absolute atomic E-state index is 12.0. The van der Waals surface area contributed by atoms with Crippen molar-refractivity contribution in [1.29, 1.82) is 0 Å². The third-order valence-electron chi connectivity index (χ3n) is 2.95. The quantitative estimate of drug-likeness (QED) is 0.609. The highest BCUT2D eigenvalue weighted by Crippen LogP contribution is 2.28. The van der Waals surface area contributed by atoms with Crippen molar-refractivity contribution in [2.24, 2.45) is 0 Å². The number of nitrogens with one attached hydrogen (secondary N) is 3. The van der Waals surface area contributed by atoms with Gasteiger partial charge >= 0.3 is 0 Å². The number of hydrogen-bond donors (Lipinski definition) is 3. The molecule has 1 saturated carbocycles. The Morgan fingerprint density at radius 3 is 2.27 bits per heavy atom. The van der Waals surface area contributed by atoms with E-state index in [0.717, 1.165) is 25.7 Å². The van der Waals surface area contributed by atoms with Gasteiger partial charge < -0.3 is 5.32 Å². The molecule has 1 rings (SSSR count). The summed E-state index contributed by atoms with van der Waals surface area (Å²) in [5.41, 5.74) is 5.08. The second-order valence-corrected chi connectivity index (χ2v) is 4.65. The second-order valence-electron chi connectivity index (χ2n) is 4.65. The van der Waals surface area contributed by atoms with Crippen molar-refractivity contribution in [2.75, 3.05) is 7.05 Å². The van der Waals surface area contributed by atoms with Gasteiger partial charge in [-0.05, 0) is 26.7 Å². The van der Waals surface area contributed by atoms with E-state index in [1.807, 2.05) is 0 Å². The van der Waals surface area contributed by atoms with Crippen molar-refractivity contribution in [3.63, 3.8) is 0 Å². The molecule has 0 radical (unpaired) electrons. The van der Waals surface area contributed by atoms with Crippen molar-refractivity contribution in [3.8, 4) is 0 Å². The zero-order valence-corrected chi connectivity index (χ0v) is 10.0. The van der Waals surface area contributed by atoms with Crippen LogP contribution in [0.25, 0.3) is 0 Å². The van der Waals surface area contributed by atoms with E-state index < -0.39 is 0 Å². The summed E-state index contributed by atoms with van der Waals surface area (Å²) in [6.07, 6.45) is 5.40. The standard InChI is InChI=1S/C11H23N3O/c1-9(2)13-11(10(15)14-12-3)7-5-4-6-8-11/h9,12-13H,4-8H2,1-3H3,(H,14,15). The Bertz CT molecular complexity index is 210. The largest absolute Gasteiger partial charge is 0.301 e. The van der Waals surface area contributed by atoms with Gasteiger partial charge in [-0.3, -0.25) is 10.2 Å². The van der Waals surface area contributed by atoms with Crippen LogP contribution in [0.15, 0.2) is 0 Å². The minimum Gasteiger partial charge on any atom is -0.301 e. The average molecular weight is 213 g/mol. The zero-order valence-electron chi connectivity index (χ0n) is 10.0. The maximum atomic E-state index is 12.0. The Morgan fingerprint density at radius 2 is 1.80 bits per heavy atom. The van der Waals surface area contributed by atoms with Crippen molar-refractivity contribution >= 4 is 5.91 Å². The molecule has 0 aromatic carbocycles. The first-order valence-electron chi connectivity index (χ1n) is 5.85. The SMILES string of the molecule is CNNC(=O)C1(NC(C)C)CCCCC1. The molecule has 3 N–H and O–H groups in total. The van der Waals surface area contributed by atoms with Gasteiger partial charge in [-0.1, -0.05) is 19.3 Å². The van der Waals surface area contributed by atoms with Gasteiger partial charge in [0.25, 0.3) is 5.91 Å². The van der Waals surface area contributed by atoms with E-state index in [1.54, 1.807) is 7.05 Å². The van der Waals surface area contributed by atoms with E-state index in [2.05, 4.69) is 30.0 Å². The summed E-state index contributed by atoms with van der Waals surface area (Å²) >= 11 is 0. The van der Waals surface area contributed by atoms with Crippen LogP contribution in [0.3, 0.4) is 0 Å². The molecule has 0 bridgehead atoms. The fraction of sp³-hybridized carbons (Fsp3) is 0.909. The van der Waals surface area contributed by atoms with E-state index in [-0.39, 0.29) is 11.4 Å². The number of carbonyl (C=O) groups is 1. The summed E-state index contributed by atoms with van der Waals surface area (Å²) in [4.78, 5) is 12.0. The molecule has 0 atom stereocenters. The third kappa shape index (κ3) is 3.18. The molecule has 1 aliphatic carbocycles. The lowest BCUT2D eigenvalue weighted by atomic mass is 9.80. The first-order valence-corrected chi connectivity index (χ1v) is 5.85. The van der Waals surface area contributed by atoms with Crippen LogP contribution >= 0.6 is 0 Å². The maximum Gasteiger partial charge on any atom is 0.254 e. The monoisotopic (exact) mass is 213 g/mol. The van der Waals surface area contributed by atoms with Crippen LogP contribution in [0.5, 0.6) is 0 Å². The lowest BCUT2D eigenvalue weighted by Crippen LogP contribution is -2.61. The molecular formula is C11H23N3O. The Kier molecular flexibility index (Phi) is 4.54. The fourth-order valence-electron chi connectivity index (χ4n) is 2.38. The highest BCUT2D eigenvalue weighted by Gasteiger charge is 2.39. The summed E-state index contributed by atoms with van der Waals surface area (Å²) in [5.74, 6) is 0.0819. The van der Waals surface area contributed by atoms with Crippen molar-refractivity contribution in [3.05, 3.63) is 0 Å². The number of hydrazine groups is 1. The minimum absolute atomic E-state index is 0.0819. The molecular weight excluding hydrogens is 190 g/mol. The predicted octanol–water partition coefficient (Wildman–Crippen LogP) is 0.938. The number of carbonyl (C=O) groups excluding carboxylic acids is 1. The Balaban J connectivity index is 2.69. The lowest BCUT2D eigenvalue weighted by molar-refractivity contribution is -0.130. The summed E-state index contributed by atoms with van der Waals surface area (Å²) in [7, 11) is 1.73. The van der Waals surface area contributed by atoms with Crippen LogP contribution in [0.1, 0.15) is 46.0 Å². The van der Waals surface area contributed by atoms with Crippen molar-refractivity contribution in [2.45, 2.75) is 57.5 Å². The first-order chi connectivity index (χ1) is 7.10. The normalized spacial score (nSPS) is 20.3. The molecule has 0 heterocycles. The molecule has 15 heavy (non-hydrogen) atoms. The number of hydrogen-bond acceptors (Lipinski definition) is 3. The van der Waals surface area contributed by atoms with Gasteiger partial charge in [0.1, 0.15) is 0 Å². The van der Waals surface area contributed by atoms with Crippen LogP contribution in [-0.2, 0) is 4.79 Å². The van der Waals surface area contributed by atoms with Gasteiger partial charge in [0, 0.05) is 13.1 Å². The molecule has 4 nitrogen and oxygen atoms in total. The smallest absolute Gasteiger partial charge is 0.254 e. The lowest BCUT2D eigenvalue weighted by Gasteiger charge is -2.38. The summed E-state index contributed by atoms with van der Waals surface area (Å²) in [6.45, 7) is 4.17. The second kappa shape index (κ2) is 5.47. The topological polar surface area (TPSA) is 53.2 Å². The molecule has 1 aliphatic rings. The molecule has 88 valence electrons. The molecule has 0 spiro atoms. The van der Waals surface area contributed by atoms with Gasteiger partial charge in [-0.15, -0.1) is 0 Å². The number of rotatable bonds is 4. The average Bonchev–Trinajstić information content (AvgIpc) is 2.18. The van der Waals surface area contributed by atoms with Crippen LogP contribution in [0.2, 0.25) is 0 Å². The molecule has 4 heteroatoms. The van der Waals surface area contributed by atoms with E-state index in [9.17, 15) is 4.79 Å². The first kappa shape index (κ1) is 12.5. The molecule has 0 unspecified atom stereocenters. The van der Waals surface area contributed by atoms with E-state index in [1.165, 1.54) is 6.42 Å². The molecule has 1 fully saturated rings. The van der Waals surface area contributed by atoms with Gasteiger partial charge in [-0.2, -0.15) is 0 Å². The predicted molar refractivity (Wildman–Crippen MR) is 61.3 cm³/mol. The molecule has 1 amide bonds. The third-order valence-corrected chi connectivity index (χ3v) is 2.95. The van der Waals surface area contributed by atoms with E-state index in [0.29, 0.717) is 6.04 Å². The molecule has 0 aromatic rings. The fourth-order valence-corrected chi connectivity index (χ4v) is 2.38. The van der Waals surface area contributed by atoms with Crippen LogP contribution in [0, 0.1) is 0 Å². The van der Waals surface area contributed by atoms with Gasteiger partial charge in [0.2, 0.25) is 0 Å². The Hall–Kier alpha value is -0.610. The minimum atomic E-state index is -0.352. The van der Waals surface area contributed by atoms with Gasteiger partial charge in [0.05, 0.1) is 5.54 Å². The Labute approximate surface area is 92.2 Å².